The Labute approximate surface area is 132 Å². The van der Waals surface area contributed by atoms with Gasteiger partial charge in [0.05, 0.1) is 10.6 Å². The molecule has 2 rings (SSSR count). The van der Waals surface area contributed by atoms with Gasteiger partial charge in [0.15, 0.2) is 9.84 Å². The highest BCUT2D eigenvalue weighted by Crippen LogP contribution is 2.20. The third kappa shape index (κ3) is 4.34. The van der Waals surface area contributed by atoms with Gasteiger partial charge in [0.2, 0.25) is 0 Å². The fourth-order valence-electron chi connectivity index (χ4n) is 2.60. The number of anilines is 1. The van der Waals surface area contributed by atoms with Crippen molar-refractivity contribution < 1.29 is 8.42 Å². The molecule has 0 saturated carbocycles. The highest BCUT2D eigenvalue weighted by Gasteiger charge is 2.16. The first-order valence-electron chi connectivity index (χ1n) is 7.43. The molecule has 21 heavy (non-hydrogen) atoms. The Morgan fingerprint density at radius 2 is 1.81 bits per heavy atom. The lowest BCUT2D eigenvalue weighted by Gasteiger charge is -2.23. The second-order valence-corrected chi connectivity index (χ2v) is 7.92. The van der Waals surface area contributed by atoms with E-state index < -0.39 is 9.84 Å². The number of rotatable bonds is 5. The lowest BCUT2D eigenvalue weighted by Crippen LogP contribution is -2.31. The van der Waals surface area contributed by atoms with Crippen LogP contribution < -0.4 is 4.90 Å². The molecule has 118 valence electrons. The van der Waals surface area contributed by atoms with Crippen molar-refractivity contribution in [3.05, 3.63) is 24.3 Å². The number of sulfone groups is 1. The zero-order chi connectivity index (χ0) is 15.3. The fourth-order valence-corrected chi connectivity index (χ4v) is 3.73. The van der Waals surface area contributed by atoms with E-state index in [0.717, 1.165) is 44.8 Å². The third-order valence-electron chi connectivity index (χ3n) is 3.93. The van der Waals surface area contributed by atoms with Gasteiger partial charge in [-0.3, -0.25) is 0 Å². The van der Waals surface area contributed by atoms with Crippen LogP contribution in [0.4, 0.5) is 5.69 Å². The smallest absolute Gasteiger partial charge is 0.178 e. The average Bonchev–Trinajstić information content (AvgIpc) is 2.73. The molecule has 0 spiro atoms. The van der Waals surface area contributed by atoms with Crippen LogP contribution in [0.15, 0.2) is 29.2 Å². The molecule has 1 heterocycles. The van der Waals surface area contributed by atoms with Crippen LogP contribution in [0.2, 0.25) is 0 Å². The van der Waals surface area contributed by atoms with E-state index in [4.69, 9.17) is 11.6 Å². The number of hydrogen-bond donors (Lipinski definition) is 0. The number of alkyl halides is 1. The predicted octanol–water partition coefficient (Wildman–Crippen LogP) is 2.23. The van der Waals surface area contributed by atoms with E-state index in [0.29, 0.717) is 10.8 Å². The maximum absolute atomic E-state index is 11.8. The van der Waals surface area contributed by atoms with Gasteiger partial charge in [-0.05, 0) is 37.2 Å². The molecule has 0 unspecified atom stereocenters. The Bertz CT molecular complexity index is 545. The maximum atomic E-state index is 11.8. The lowest BCUT2D eigenvalue weighted by molar-refractivity contribution is 0.311. The first kappa shape index (κ1) is 16.6. The average molecular weight is 331 g/mol. The van der Waals surface area contributed by atoms with E-state index in [9.17, 15) is 8.42 Å². The van der Waals surface area contributed by atoms with Crippen molar-refractivity contribution in [2.75, 3.05) is 49.3 Å². The highest BCUT2D eigenvalue weighted by molar-refractivity contribution is 7.91. The molecule has 1 fully saturated rings. The van der Waals surface area contributed by atoms with Crippen molar-refractivity contribution >= 4 is 27.1 Å². The van der Waals surface area contributed by atoms with E-state index >= 15 is 0 Å². The van der Waals surface area contributed by atoms with Gasteiger partial charge >= 0.3 is 0 Å². The lowest BCUT2D eigenvalue weighted by atomic mass is 10.2. The van der Waals surface area contributed by atoms with Crippen LogP contribution in [0.3, 0.4) is 0 Å². The van der Waals surface area contributed by atoms with Gasteiger partial charge in [-0.15, -0.1) is 11.6 Å². The molecule has 0 radical (unpaired) electrons. The van der Waals surface area contributed by atoms with Crippen LogP contribution in [0, 0.1) is 0 Å². The number of hydrogen-bond acceptors (Lipinski definition) is 4. The summed E-state index contributed by atoms with van der Waals surface area (Å²) in [4.78, 5) is 5.10. The predicted molar refractivity (Wildman–Crippen MR) is 88.2 cm³/mol. The molecule has 0 amide bonds. The zero-order valence-electron chi connectivity index (χ0n) is 12.5. The quantitative estimate of drug-likeness (QED) is 0.776. The summed E-state index contributed by atoms with van der Waals surface area (Å²) >= 11 is 5.80. The molecule has 1 aliphatic heterocycles. The summed E-state index contributed by atoms with van der Waals surface area (Å²) in [5.41, 5.74) is 1.10. The maximum Gasteiger partial charge on any atom is 0.178 e. The number of nitrogens with zero attached hydrogens (tertiary/aromatic N) is 2. The Hall–Kier alpha value is -0.780. The monoisotopic (exact) mass is 330 g/mol. The van der Waals surface area contributed by atoms with E-state index in [1.807, 2.05) is 12.1 Å². The molecular weight excluding hydrogens is 308 g/mol. The van der Waals surface area contributed by atoms with Gasteiger partial charge in [-0.2, -0.15) is 0 Å². The van der Waals surface area contributed by atoms with Gasteiger partial charge in [0.1, 0.15) is 0 Å². The number of halogens is 1. The second-order valence-electron chi connectivity index (χ2n) is 5.27. The summed E-state index contributed by atoms with van der Waals surface area (Å²) in [6.07, 6.45) is 1.10. The van der Waals surface area contributed by atoms with Gasteiger partial charge in [-0.25, -0.2) is 8.42 Å². The van der Waals surface area contributed by atoms with E-state index in [-0.39, 0.29) is 5.75 Å². The molecule has 1 aliphatic rings. The van der Waals surface area contributed by atoms with Crippen molar-refractivity contribution in [2.24, 2.45) is 0 Å². The van der Waals surface area contributed by atoms with E-state index in [2.05, 4.69) is 9.80 Å². The first-order chi connectivity index (χ1) is 10.1. The first-order valence-corrected chi connectivity index (χ1v) is 9.61. The minimum atomic E-state index is -3.11. The van der Waals surface area contributed by atoms with E-state index in [1.54, 1.807) is 19.1 Å². The van der Waals surface area contributed by atoms with Crippen molar-refractivity contribution in [1.82, 2.24) is 4.90 Å². The largest absolute Gasteiger partial charge is 0.370 e. The number of benzene rings is 1. The Morgan fingerprint density at radius 3 is 2.43 bits per heavy atom. The Morgan fingerprint density at radius 1 is 1.10 bits per heavy atom. The summed E-state index contributed by atoms with van der Waals surface area (Å²) < 4.78 is 23.7. The van der Waals surface area contributed by atoms with Crippen LogP contribution in [0.5, 0.6) is 0 Å². The summed E-state index contributed by atoms with van der Waals surface area (Å²) in [6.45, 7) is 6.63. The van der Waals surface area contributed by atoms with Crippen LogP contribution in [0.25, 0.3) is 0 Å². The summed E-state index contributed by atoms with van der Waals surface area (Å²) in [7, 11) is -3.11. The van der Waals surface area contributed by atoms with E-state index in [1.165, 1.54) is 0 Å². The fraction of sp³-hybridized carbons (Fsp3) is 0.600. The summed E-state index contributed by atoms with van der Waals surface area (Å²) in [5, 5.41) is 0. The molecular formula is C15H23ClN2O2S. The molecule has 0 N–H and O–H groups in total. The molecule has 0 bridgehead atoms. The van der Waals surface area contributed by atoms with Gasteiger partial charge < -0.3 is 9.80 Å². The summed E-state index contributed by atoms with van der Waals surface area (Å²) in [6, 6.07) is 7.27. The van der Waals surface area contributed by atoms with Crippen LogP contribution in [0.1, 0.15) is 13.3 Å². The minimum Gasteiger partial charge on any atom is -0.370 e. The highest BCUT2D eigenvalue weighted by atomic mass is 35.5. The van der Waals surface area contributed by atoms with Gasteiger partial charge in [0, 0.05) is 37.7 Å². The normalized spacial score (nSPS) is 17.7. The molecule has 1 aromatic rings. The van der Waals surface area contributed by atoms with Crippen molar-refractivity contribution in [3.63, 3.8) is 0 Å². The molecule has 6 heteroatoms. The Balaban J connectivity index is 2.05. The standard InChI is InChI=1S/C15H23ClN2O2S/c1-2-21(19,20)15-6-4-14(5-7-15)18-10-3-9-17(11-8-16)12-13-18/h4-7H,2-3,8-13H2,1H3. The topological polar surface area (TPSA) is 40.6 Å². The van der Waals surface area contributed by atoms with Gasteiger partial charge in [0.25, 0.3) is 0 Å². The molecule has 4 nitrogen and oxygen atoms in total. The van der Waals surface area contributed by atoms with Crippen LogP contribution in [-0.2, 0) is 9.84 Å². The van der Waals surface area contributed by atoms with Crippen LogP contribution in [-0.4, -0.2) is 57.7 Å². The SMILES string of the molecule is CCS(=O)(=O)c1ccc(N2CCCN(CCCl)CC2)cc1. The van der Waals surface area contributed by atoms with Crippen molar-refractivity contribution in [2.45, 2.75) is 18.2 Å². The minimum absolute atomic E-state index is 0.142. The van der Waals surface area contributed by atoms with Crippen molar-refractivity contribution in [1.29, 1.82) is 0 Å². The molecule has 0 atom stereocenters. The summed E-state index contributed by atoms with van der Waals surface area (Å²) in [5.74, 6) is 0.813. The Kier molecular flexibility index (Phi) is 5.90. The molecule has 0 aliphatic carbocycles. The molecule has 0 aromatic heterocycles. The van der Waals surface area contributed by atoms with Crippen LogP contribution >= 0.6 is 11.6 Å². The van der Waals surface area contributed by atoms with Gasteiger partial charge in [-0.1, -0.05) is 6.92 Å². The molecule has 1 aromatic carbocycles. The third-order valence-corrected chi connectivity index (χ3v) is 5.85. The second kappa shape index (κ2) is 7.47. The van der Waals surface area contributed by atoms with Crippen molar-refractivity contribution in [3.8, 4) is 0 Å². The molecule has 1 saturated heterocycles. The zero-order valence-corrected chi connectivity index (χ0v) is 14.0.